The number of likely N-dealkylation sites (tertiary alicyclic amines) is 1. The van der Waals surface area contributed by atoms with Crippen LogP contribution in [0.5, 0.6) is 0 Å². The van der Waals surface area contributed by atoms with Gasteiger partial charge in [0.1, 0.15) is 0 Å². The highest BCUT2D eigenvalue weighted by Crippen LogP contribution is 2.21. The summed E-state index contributed by atoms with van der Waals surface area (Å²) in [5, 5.41) is 3.69. The molecule has 2 aliphatic heterocycles. The Labute approximate surface area is 114 Å². The molecule has 102 valence electrons. The number of hydrogen-bond acceptors (Lipinski definition) is 3. The molecule has 1 aromatic rings. The lowest BCUT2D eigenvalue weighted by molar-refractivity contribution is 0.100. The van der Waals surface area contributed by atoms with Crippen LogP contribution in [0.3, 0.4) is 0 Å². The minimum Gasteiger partial charge on any atom is -0.366 e. The Hall–Kier alpha value is -1.39. The van der Waals surface area contributed by atoms with Crippen molar-refractivity contribution in [2.24, 2.45) is 5.73 Å². The van der Waals surface area contributed by atoms with Crippen molar-refractivity contribution in [3.8, 4) is 0 Å². The first-order chi connectivity index (χ1) is 9.20. The summed E-state index contributed by atoms with van der Waals surface area (Å²) in [5.41, 5.74) is 7.09. The first-order valence-electron chi connectivity index (χ1n) is 7.08. The second kappa shape index (κ2) is 5.31. The zero-order chi connectivity index (χ0) is 13.2. The molecule has 4 nitrogen and oxygen atoms in total. The fraction of sp³-hybridized carbons (Fsp3) is 0.533. The van der Waals surface area contributed by atoms with E-state index in [1.54, 1.807) is 0 Å². The van der Waals surface area contributed by atoms with E-state index in [2.05, 4.69) is 10.2 Å². The Morgan fingerprint density at radius 3 is 2.68 bits per heavy atom. The largest absolute Gasteiger partial charge is 0.366 e. The molecule has 19 heavy (non-hydrogen) atoms. The number of nitrogens with zero attached hydrogens (tertiary/aromatic N) is 1. The van der Waals surface area contributed by atoms with Crippen LogP contribution in [-0.2, 0) is 6.54 Å². The van der Waals surface area contributed by atoms with Crippen molar-refractivity contribution in [2.75, 3.05) is 13.1 Å². The summed E-state index contributed by atoms with van der Waals surface area (Å²) in [4.78, 5) is 13.5. The average Bonchev–Trinajstić information content (AvgIpc) is 2.73. The SMILES string of the molecule is NC(=O)c1ccc(CN2CCC3CCC(C2)N3)cc1. The molecule has 0 aliphatic carbocycles. The van der Waals surface area contributed by atoms with E-state index in [4.69, 9.17) is 5.73 Å². The molecule has 3 N–H and O–H groups in total. The van der Waals surface area contributed by atoms with Crippen LogP contribution in [0.15, 0.2) is 24.3 Å². The molecule has 0 spiro atoms. The number of rotatable bonds is 3. The van der Waals surface area contributed by atoms with Gasteiger partial charge in [0.2, 0.25) is 5.91 Å². The van der Waals surface area contributed by atoms with Gasteiger partial charge in [-0.15, -0.1) is 0 Å². The summed E-state index contributed by atoms with van der Waals surface area (Å²) in [5.74, 6) is -0.358. The fourth-order valence-electron chi connectivity index (χ4n) is 3.19. The monoisotopic (exact) mass is 259 g/mol. The molecule has 1 aromatic carbocycles. The summed E-state index contributed by atoms with van der Waals surface area (Å²) in [6.45, 7) is 3.25. The van der Waals surface area contributed by atoms with E-state index in [-0.39, 0.29) is 5.91 Å². The number of primary amides is 1. The lowest BCUT2D eigenvalue weighted by Crippen LogP contribution is -2.34. The van der Waals surface area contributed by atoms with Crippen LogP contribution in [0.25, 0.3) is 0 Å². The highest BCUT2D eigenvalue weighted by molar-refractivity contribution is 5.92. The number of carbonyl (C=O) groups excluding carboxylic acids is 1. The molecule has 0 aromatic heterocycles. The van der Waals surface area contributed by atoms with Crippen molar-refractivity contribution in [1.82, 2.24) is 10.2 Å². The third-order valence-corrected chi connectivity index (χ3v) is 4.25. The summed E-state index contributed by atoms with van der Waals surface area (Å²) in [7, 11) is 0. The maximum absolute atomic E-state index is 11.0. The van der Waals surface area contributed by atoms with Crippen LogP contribution < -0.4 is 11.1 Å². The van der Waals surface area contributed by atoms with Gasteiger partial charge in [-0.3, -0.25) is 9.69 Å². The number of benzene rings is 1. The van der Waals surface area contributed by atoms with Gasteiger partial charge in [0.15, 0.2) is 0 Å². The molecule has 0 saturated carbocycles. The molecule has 2 fully saturated rings. The minimum absolute atomic E-state index is 0.358. The molecule has 0 radical (unpaired) electrons. The van der Waals surface area contributed by atoms with Crippen LogP contribution in [0, 0.1) is 0 Å². The average molecular weight is 259 g/mol. The Morgan fingerprint density at radius 2 is 1.95 bits per heavy atom. The van der Waals surface area contributed by atoms with Gasteiger partial charge in [0, 0.05) is 37.3 Å². The molecular formula is C15H21N3O. The van der Waals surface area contributed by atoms with Crippen molar-refractivity contribution in [3.05, 3.63) is 35.4 Å². The minimum atomic E-state index is -0.358. The van der Waals surface area contributed by atoms with Crippen LogP contribution in [0.1, 0.15) is 35.2 Å². The molecule has 1 amide bonds. The van der Waals surface area contributed by atoms with Gasteiger partial charge < -0.3 is 11.1 Å². The number of nitrogens with two attached hydrogens (primary N) is 1. The number of carbonyl (C=O) groups is 1. The summed E-state index contributed by atoms with van der Waals surface area (Å²) < 4.78 is 0. The van der Waals surface area contributed by atoms with E-state index in [0.29, 0.717) is 11.6 Å². The molecule has 2 unspecified atom stereocenters. The fourth-order valence-corrected chi connectivity index (χ4v) is 3.19. The Morgan fingerprint density at radius 1 is 1.21 bits per heavy atom. The van der Waals surface area contributed by atoms with E-state index >= 15 is 0 Å². The van der Waals surface area contributed by atoms with Crippen molar-refractivity contribution in [3.63, 3.8) is 0 Å². The molecule has 3 rings (SSSR count). The van der Waals surface area contributed by atoms with Gasteiger partial charge in [-0.05, 0) is 37.0 Å². The Bertz CT molecular complexity index is 457. The van der Waals surface area contributed by atoms with Crippen LogP contribution in [0.4, 0.5) is 0 Å². The topological polar surface area (TPSA) is 58.4 Å². The van der Waals surface area contributed by atoms with Gasteiger partial charge in [0.05, 0.1) is 0 Å². The number of amides is 1. The Kier molecular flexibility index (Phi) is 3.53. The highest BCUT2D eigenvalue weighted by Gasteiger charge is 2.28. The Balaban J connectivity index is 1.62. The van der Waals surface area contributed by atoms with Crippen LogP contribution in [0.2, 0.25) is 0 Å². The molecule has 2 aliphatic rings. The van der Waals surface area contributed by atoms with Gasteiger partial charge in [-0.2, -0.15) is 0 Å². The summed E-state index contributed by atoms with van der Waals surface area (Å²) >= 11 is 0. The standard InChI is InChI=1S/C15H21N3O/c16-15(19)12-3-1-11(2-4-12)9-18-8-7-13-5-6-14(10-18)17-13/h1-4,13-14,17H,5-10H2,(H2,16,19). The van der Waals surface area contributed by atoms with Crippen molar-refractivity contribution in [1.29, 1.82) is 0 Å². The quantitative estimate of drug-likeness (QED) is 0.855. The van der Waals surface area contributed by atoms with E-state index < -0.39 is 0 Å². The molecule has 4 heteroatoms. The number of nitrogens with one attached hydrogen (secondary N) is 1. The lowest BCUT2D eigenvalue weighted by atomic mass is 10.1. The first-order valence-corrected chi connectivity index (χ1v) is 7.08. The second-order valence-corrected chi connectivity index (χ2v) is 5.72. The van der Waals surface area contributed by atoms with E-state index in [9.17, 15) is 4.79 Å². The first kappa shape index (κ1) is 12.6. The maximum atomic E-state index is 11.0. The normalized spacial score (nSPS) is 27.2. The van der Waals surface area contributed by atoms with E-state index in [1.807, 2.05) is 24.3 Å². The van der Waals surface area contributed by atoms with Gasteiger partial charge in [-0.25, -0.2) is 0 Å². The molecule has 2 saturated heterocycles. The predicted octanol–water partition coefficient (Wildman–Crippen LogP) is 1.11. The zero-order valence-corrected chi connectivity index (χ0v) is 11.1. The number of hydrogen-bond donors (Lipinski definition) is 2. The molecule has 2 heterocycles. The predicted molar refractivity (Wildman–Crippen MR) is 74.8 cm³/mol. The van der Waals surface area contributed by atoms with Crippen molar-refractivity contribution in [2.45, 2.75) is 37.9 Å². The third-order valence-electron chi connectivity index (χ3n) is 4.25. The highest BCUT2D eigenvalue weighted by atomic mass is 16.1. The van der Waals surface area contributed by atoms with E-state index in [0.717, 1.165) is 25.7 Å². The molecule has 2 bridgehead atoms. The van der Waals surface area contributed by atoms with E-state index in [1.165, 1.54) is 24.8 Å². The van der Waals surface area contributed by atoms with Gasteiger partial charge >= 0.3 is 0 Å². The second-order valence-electron chi connectivity index (χ2n) is 5.72. The summed E-state index contributed by atoms with van der Waals surface area (Å²) in [6.07, 6.45) is 3.89. The summed E-state index contributed by atoms with van der Waals surface area (Å²) in [6, 6.07) is 9.05. The van der Waals surface area contributed by atoms with Gasteiger partial charge in [0.25, 0.3) is 0 Å². The lowest BCUT2D eigenvalue weighted by Gasteiger charge is -2.24. The smallest absolute Gasteiger partial charge is 0.248 e. The molecular weight excluding hydrogens is 238 g/mol. The maximum Gasteiger partial charge on any atom is 0.248 e. The number of fused-ring (bicyclic) bond motifs is 2. The molecule has 2 atom stereocenters. The van der Waals surface area contributed by atoms with Crippen LogP contribution >= 0.6 is 0 Å². The zero-order valence-electron chi connectivity index (χ0n) is 11.1. The third kappa shape index (κ3) is 2.96. The van der Waals surface area contributed by atoms with Crippen molar-refractivity contribution >= 4 is 5.91 Å². The van der Waals surface area contributed by atoms with Gasteiger partial charge in [-0.1, -0.05) is 12.1 Å². The van der Waals surface area contributed by atoms with Crippen LogP contribution in [-0.4, -0.2) is 36.0 Å². The van der Waals surface area contributed by atoms with Crippen molar-refractivity contribution < 1.29 is 4.79 Å².